The third kappa shape index (κ3) is 2.93. The van der Waals surface area contributed by atoms with Crippen LogP contribution in [-0.4, -0.2) is 33.0 Å². The van der Waals surface area contributed by atoms with Crippen LogP contribution in [0.1, 0.15) is 25.7 Å². The lowest BCUT2D eigenvalue weighted by molar-refractivity contribution is -0.131. The van der Waals surface area contributed by atoms with Crippen molar-refractivity contribution in [3.05, 3.63) is 45.0 Å². The van der Waals surface area contributed by atoms with Gasteiger partial charge in [-0.15, -0.1) is 0 Å². The maximum atomic E-state index is 12.6. The van der Waals surface area contributed by atoms with E-state index in [1.54, 1.807) is 25.2 Å². The molecule has 0 radical (unpaired) electrons. The van der Waals surface area contributed by atoms with E-state index >= 15 is 0 Å². The lowest BCUT2D eigenvalue weighted by Crippen LogP contribution is -2.44. The molecule has 6 heteroatoms. The van der Waals surface area contributed by atoms with Crippen molar-refractivity contribution in [3.63, 3.8) is 0 Å². The number of aryl methyl sites for hydroxylation is 1. The highest BCUT2D eigenvalue weighted by molar-refractivity contribution is 5.80. The highest BCUT2D eigenvalue weighted by Gasteiger charge is 2.19. The molecule has 0 bridgehead atoms. The van der Waals surface area contributed by atoms with Crippen LogP contribution in [0.3, 0.4) is 0 Å². The zero-order chi connectivity index (χ0) is 16.4. The van der Waals surface area contributed by atoms with Gasteiger partial charge in [0.05, 0.1) is 11.0 Å². The molecule has 2 heterocycles. The first-order valence-electron chi connectivity index (χ1n) is 8.06. The standard InChI is InChI=1S/C17H21N3O3/c1-18-13-8-4-5-9-14(13)20(17(23)16(18)22)12-15(21)19-10-6-2-3-7-11-19/h4-5,8-9H,2-3,6-7,10-12H2,1H3. The molecule has 2 aromatic rings. The summed E-state index contributed by atoms with van der Waals surface area (Å²) in [5, 5.41) is 0. The smallest absolute Gasteiger partial charge is 0.317 e. The number of amides is 1. The Hall–Kier alpha value is -2.37. The van der Waals surface area contributed by atoms with Gasteiger partial charge in [0.25, 0.3) is 0 Å². The fourth-order valence-electron chi connectivity index (χ4n) is 3.17. The quantitative estimate of drug-likeness (QED) is 0.780. The maximum absolute atomic E-state index is 12.6. The van der Waals surface area contributed by atoms with E-state index < -0.39 is 11.1 Å². The predicted octanol–water partition coefficient (Wildman–Crippen LogP) is 1.10. The van der Waals surface area contributed by atoms with E-state index in [0.717, 1.165) is 38.8 Å². The van der Waals surface area contributed by atoms with Crippen LogP contribution in [0, 0.1) is 0 Å². The number of nitrogens with zero attached hydrogens (tertiary/aromatic N) is 3. The molecule has 122 valence electrons. The average Bonchev–Trinajstić information content (AvgIpc) is 2.86. The van der Waals surface area contributed by atoms with Crippen LogP contribution in [0.15, 0.2) is 33.9 Å². The zero-order valence-electron chi connectivity index (χ0n) is 13.3. The fourth-order valence-corrected chi connectivity index (χ4v) is 3.17. The largest absolute Gasteiger partial charge is 0.341 e. The number of benzene rings is 1. The predicted molar refractivity (Wildman–Crippen MR) is 88.5 cm³/mol. The Kier molecular flexibility index (Phi) is 4.32. The summed E-state index contributed by atoms with van der Waals surface area (Å²) >= 11 is 0. The molecule has 0 saturated carbocycles. The molecular weight excluding hydrogens is 294 g/mol. The van der Waals surface area contributed by atoms with E-state index in [0.29, 0.717) is 11.0 Å². The van der Waals surface area contributed by atoms with Crippen LogP contribution in [0.5, 0.6) is 0 Å². The van der Waals surface area contributed by atoms with E-state index in [1.807, 2.05) is 11.0 Å². The second-order valence-corrected chi connectivity index (χ2v) is 6.04. The molecule has 0 unspecified atom stereocenters. The summed E-state index contributed by atoms with van der Waals surface area (Å²) in [6.07, 6.45) is 4.27. The normalized spacial score (nSPS) is 15.6. The van der Waals surface area contributed by atoms with Crippen molar-refractivity contribution in [2.75, 3.05) is 13.1 Å². The first kappa shape index (κ1) is 15.5. The van der Waals surface area contributed by atoms with Gasteiger partial charge in [0.15, 0.2) is 0 Å². The Balaban J connectivity index is 2.01. The molecule has 1 aromatic carbocycles. The fraction of sp³-hybridized carbons (Fsp3) is 0.471. The molecule has 6 nitrogen and oxygen atoms in total. The SMILES string of the molecule is Cn1c(=O)c(=O)n(CC(=O)N2CCCCCC2)c2ccccc21. The van der Waals surface area contributed by atoms with E-state index in [-0.39, 0.29) is 12.5 Å². The summed E-state index contributed by atoms with van der Waals surface area (Å²) in [6.45, 7) is 1.39. The summed E-state index contributed by atoms with van der Waals surface area (Å²) in [6, 6.07) is 7.17. The van der Waals surface area contributed by atoms with E-state index in [2.05, 4.69) is 0 Å². The molecule has 23 heavy (non-hydrogen) atoms. The van der Waals surface area contributed by atoms with Gasteiger partial charge in [0.1, 0.15) is 6.54 Å². The maximum Gasteiger partial charge on any atom is 0.317 e. The molecule has 1 amide bonds. The third-order valence-corrected chi connectivity index (χ3v) is 4.52. The average molecular weight is 315 g/mol. The third-order valence-electron chi connectivity index (χ3n) is 4.52. The molecular formula is C17H21N3O3. The number of fused-ring (bicyclic) bond motifs is 1. The number of likely N-dealkylation sites (tertiary alicyclic amines) is 1. The Bertz CT molecular complexity index is 842. The van der Waals surface area contributed by atoms with Gasteiger partial charge in [0, 0.05) is 20.1 Å². The minimum atomic E-state index is -0.644. The summed E-state index contributed by atoms with van der Waals surface area (Å²) < 4.78 is 2.65. The molecule has 1 aliphatic rings. The Morgan fingerprint density at radius 2 is 1.57 bits per heavy atom. The monoisotopic (exact) mass is 315 g/mol. The van der Waals surface area contributed by atoms with Crippen molar-refractivity contribution in [3.8, 4) is 0 Å². The summed E-state index contributed by atoms with van der Waals surface area (Å²) in [5.41, 5.74) is 0.0188. The first-order valence-corrected chi connectivity index (χ1v) is 8.06. The summed E-state index contributed by atoms with van der Waals surface area (Å²) in [5.74, 6) is -0.0904. The Morgan fingerprint density at radius 1 is 0.957 bits per heavy atom. The number of carbonyl (C=O) groups is 1. The molecule has 0 aliphatic carbocycles. The molecule has 1 saturated heterocycles. The van der Waals surface area contributed by atoms with Crippen LogP contribution in [0.25, 0.3) is 11.0 Å². The van der Waals surface area contributed by atoms with Crippen LogP contribution < -0.4 is 11.1 Å². The summed E-state index contributed by atoms with van der Waals surface area (Å²) in [4.78, 5) is 38.9. The molecule has 3 rings (SSSR count). The van der Waals surface area contributed by atoms with Gasteiger partial charge in [-0.1, -0.05) is 25.0 Å². The molecule has 1 aliphatic heterocycles. The molecule has 1 aromatic heterocycles. The van der Waals surface area contributed by atoms with Gasteiger partial charge >= 0.3 is 11.1 Å². The minimum absolute atomic E-state index is 0.0740. The van der Waals surface area contributed by atoms with Crippen molar-refractivity contribution < 1.29 is 4.79 Å². The molecule has 0 spiro atoms. The highest BCUT2D eigenvalue weighted by Crippen LogP contribution is 2.12. The molecule has 1 fully saturated rings. The lowest BCUT2D eigenvalue weighted by Gasteiger charge is -2.21. The van der Waals surface area contributed by atoms with Gasteiger partial charge in [0.2, 0.25) is 5.91 Å². The highest BCUT2D eigenvalue weighted by atomic mass is 16.2. The van der Waals surface area contributed by atoms with Gasteiger partial charge in [-0.05, 0) is 25.0 Å². The van der Waals surface area contributed by atoms with E-state index in [9.17, 15) is 14.4 Å². The molecule has 0 N–H and O–H groups in total. The van der Waals surface area contributed by atoms with Gasteiger partial charge in [-0.3, -0.25) is 19.0 Å². The minimum Gasteiger partial charge on any atom is -0.341 e. The van der Waals surface area contributed by atoms with Crippen LogP contribution in [0.4, 0.5) is 0 Å². The first-order chi connectivity index (χ1) is 11.1. The topological polar surface area (TPSA) is 64.3 Å². The number of carbonyl (C=O) groups excluding carboxylic acids is 1. The van der Waals surface area contributed by atoms with Crippen molar-refractivity contribution in [1.82, 2.24) is 14.0 Å². The number of hydrogen-bond donors (Lipinski definition) is 0. The van der Waals surface area contributed by atoms with Gasteiger partial charge < -0.3 is 9.47 Å². The number of hydrogen-bond acceptors (Lipinski definition) is 3. The van der Waals surface area contributed by atoms with Crippen molar-refractivity contribution >= 4 is 16.9 Å². The number of para-hydroxylation sites is 2. The Morgan fingerprint density at radius 3 is 2.22 bits per heavy atom. The molecule has 0 atom stereocenters. The van der Waals surface area contributed by atoms with Crippen LogP contribution in [-0.2, 0) is 18.4 Å². The van der Waals surface area contributed by atoms with Gasteiger partial charge in [-0.25, -0.2) is 0 Å². The van der Waals surface area contributed by atoms with Crippen LogP contribution in [0.2, 0.25) is 0 Å². The number of aromatic nitrogens is 2. The lowest BCUT2D eigenvalue weighted by atomic mass is 10.2. The summed E-state index contributed by atoms with van der Waals surface area (Å²) in [7, 11) is 1.58. The van der Waals surface area contributed by atoms with Crippen LogP contribution >= 0.6 is 0 Å². The Labute approximate surface area is 133 Å². The zero-order valence-corrected chi connectivity index (χ0v) is 13.3. The van der Waals surface area contributed by atoms with E-state index in [4.69, 9.17) is 0 Å². The van der Waals surface area contributed by atoms with Crippen molar-refractivity contribution in [2.45, 2.75) is 32.2 Å². The van der Waals surface area contributed by atoms with E-state index in [1.165, 1.54) is 9.13 Å². The second-order valence-electron chi connectivity index (χ2n) is 6.04. The van der Waals surface area contributed by atoms with Crippen molar-refractivity contribution in [1.29, 1.82) is 0 Å². The van der Waals surface area contributed by atoms with Crippen molar-refractivity contribution in [2.24, 2.45) is 7.05 Å². The number of rotatable bonds is 2. The second kappa shape index (κ2) is 6.40. The van der Waals surface area contributed by atoms with Gasteiger partial charge in [-0.2, -0.15) is 0 Å².